The number of piperidine rings is 1. The molecule has 2 rings (SSSR count). The Morgan fingerprint density at radius 3 is 1.94 bits per heavy atom. The molecule has 94 valence electrons. The molecule has 1 fully saturated rings. The van der Waals surface area contributed by atoms with Crippen molar-refractivity contribution in [2.24, 2.45) is 0 Å². The third-order valence-electron chi connectivity index (χ3n) is 3.70. The molecule has 0 spiro atoms. The molecule has 1 N–H and O–H groups in total. The van der Waals surface area contributed by atoms with Crippen molar-refractivity contribution < 1.29 is 5.11 Å². The maximum absolute atomic E-state index is 10.0. The highest BCUT2D eigenvalue weighted by molar-refractivity contribution is 5.52. The number of benzene rings is 1. The minimum atomic E-state index is -0.194. The molecule has 2 heteroatoms. The van der Waals surface area contributed by atoms with Gasteiger partial charge in [0, 0.05) is 16.8 Å². The van der Waals surface area contributed by atoms with Crippen molar-refractivity contribution in [2.45, 2.75) is 57.7 Å². The van der Waals surface area contributed by atoms with Crippen LogP contribution < -0.4 is 4.90 Å². The number of hydrogen-bond acceptors (Lipinski definition) is 2. The van der Waals surface area contributed by atoms with Gasteiger partial charge in [-0.3, -0.25) is 0 Å². The van der Waals surface area contributed by atoms with Gasteiger partial charge in [0.15, 0.2) is 0 Å². The Morgan fingerprint density at radius 1 is 1.00 bits per heavy atom. The fourth-order valence-corrected chi connectivity index (χ4v) is 3.50. The Morgan fingerprint density at radius 2 is 1.47 bits per heavy atom. The summed E-state index contributed by atoms with van der Waals surface area (Å²) in [6.45, 7) is 8.85. The molecule has 1 aliphatic heterocycles. The van der Waals surface area contributed by atoms with Gasteiger partial charge in [0.25, 0.3) is 0 Å². The molecule has 0 amide bonds. The molecule has 1 heterocycles. The average Bonchev–Trinajstić information content (AvgIpc) is 2.14. The smallest absolute Gasteiger partial charge is 0.0584 e. The lowest BCUT2D eigenvalue weighted by molar-refractivity contribution is 0.0649. The molecular formula is C15H23NO. The SMILES string of the molecule is CC1(C)CC(O)CC(C)(C)N1c1ccccc1. The largest absolute Gasteiger partial charge is 0.393 e. The molecule has 1 aromatic rings. The van der Waals surface area contributed by atoms with Gasteiger partial charge in [-0.25, -0.2) is 0 Å². The first-order valence-electron chi connectivity index (χ1n) is 6.36. The average molecular weight is 233 g/mol. The monoisotopic (exact) mass is 233 g/mol. The summed E-state index contributed by atoms with van der Waals surface area (Å²) >= 11 is 0. The van der Waals surface area contributed by atoms with E-state index in [2.05, 4.69) is 56.9 Å². The molecular weight excluding hydrogens is 210 g/mol. The number of aliphatic hydroxyl groups excluding tert-OH is 1. The first kappa shape index (κ1) is 12.4. The molecule has 1 aliphatic rings. The number of para-hydroxylation sites is 1. The third kappa shape index (κ3) is 2.32. The lowest BCUT2D eigenvalue weighted by atomic mass is 9.77. The summed E-state index contributed by atoms with van der Waals surface area (Å²) in [7, 11) is 0. The van der Waals surface area contributed by atoms with Crippen molar-refractivity contribution in [1.29, 1.82) is 0 Å². The summed E-state index contributed by atoms with van der Waals surface area (Å²) in [5.74, 6) is 0. The lowest BCUT2D eigenvalue weighted by Crippen LogP contribution is -2.62. The summed E-state index contributed by atoms with van der Waals surface area (Å²) in [4.78, 5) is 2.45. The molecule has 1 aromatic carbocycles. The van der Waals surface area contributed by atoms with Crippen LogP contribution in [0, 0.1) is 0 Å². The predicted octanol–water partition coefficient (Wildman–Crippen LogP) is 3.20. The van der Waals surface area contributed by atoms with Crippen LogP contribution in [0.3, 0.4) is 0 Å². The van der Waals surface area contributed by atoms with E-state index in [1.807, 2.05) is 6.07 Å². The highest BCUT2D eigenvalue weighted by Gasteiger charge is 2.44. The van der Waals surface area contributed by atoms with Crippen molar-refractivity contribution in [1.82, 2.24) is 0 Å². The molecule has 0 unspecified atom stereocenters. The maximum atomic E-state index is 10.0. The Bertz CT molecular complexity index is 365. The second kappa shape index (κ2) is 4.02. The van der Waals surface area contributed by atoms with Gasteiger partial charge in [-0.15, -0.1) is 0 Å². The Kier molecular flexibility index (Phi) is 2.94. The van der Waals surface area contributed by atoms with E-state index in [9.17, 15) is 5.11 Å². The molecule has 0 bridgehead atoms. The number of anilines is 1. The van der Waals surface area contributed by atoms with Gasteiger partial charge in [0.05, 0.1) is 6.10 Å². The Balaban J connectivity index is 2.42. The standard InChI is InChI=1S/C15H23NO/c1-14(2)10-13(17)11-15(3,4)16(14)12-8-6-5-7-9-12/h5-9,13,17H,10-11H2,1-4H3. The Labute approximate surface area is 104 Å². The van der Waals surface area contributed by atoms with E-state index in [4.69, 9.17) is 0 Å². The fourth-order valence-electron chi connectivity index (χ4n) is 3.50. The van der Waals surface area contributed by atoms with Gasteiger partial charge < -0.3 is 10.0 Å². The Hall–Kier alpha value is -1.02. The number of aliphatic hydroxyl groups is 1. The van der Waals surface area contributed by atoms with Crippen LogP contribution in [0.1, 0.15) is 40.5 Å². The van der Waals surface area contributed by atoms with E-state index in [1.54, 1.807) is 0 Å². The first-order chi connectivity index (χ1) is 7.83. The van der Waals surface area contributed by atoms with Crippen LogP contribution in [0.15, 0.2) is 30.3 Å². The van der Waals surface area contributed by atoms with Crippen molar-refractivity contribution in [3.63, 3.8) is 0 Å². The molecule has 0 atom stereocenters. The lowest BCUT2D eigenvalue weighted by Gasteiger charge is -2.55. The van der Waals surface area contributed by atoms with Crippen molar-refractivity contribution >= 4 is 5.69 Å². The summed E-state index contributed by atoms with van der Waals surface area (Å²) in [6.07, 6.45) is 1.45. The van der Waals surface area contributed by atoms with Crippen molar-refractivity contribution in [3.8, 4) is 0 Å². The zero-order chi connectivity index (χ0) is 12.7. The zero-order valence-corrected chi connectivity index (χ0v) is 11.3. The van der Waals surface area contributed by atoms with Crippen LogP contribution in [-0.4, -0.2) is 22.3 Å². The normalized spacial score (nSPS) is 23.7. The van der Waals surface area contributed by atoms with Crippen molar-refractivity contribution in [2.75, 3.05) is 4.90 Å². The molecule has 0 aromatic heterocycles. The number of hydrogen-bond donors (Lipinski definition) is 1. The van der Waals surface area contributed by atoms with Crippen LogP contribution in [0.2, 0.25) is 0 Å². The van der Waals surface area contributed by atoms with Gasteiger partial charge in [-0.05, 0) is 52.7 Å². The zero-order valence-electron chi connectivity index (χ0n) is 11.3. The van der Waals surface area contributed by atoms with E-state index >= 15 is 0 Å². The predicted molar refractivity (Wildman–Crippen MR) is 72.3 cm³/mol. The molecule has 0 aliphatic carbocycles. The summed E-state index contributed by atoms with van der Waals surface area (Å²) in [5, 5.41) is 10.0. The minimum Gasteiger partial charge on any atom is -0.393 e. The first-order valence-corrected chi connectivity index (χ1v) is 6.36. The van der Waals surface area contributed by atoms with Crippen LogP contribution in [0.4, 0.5) is 5.69 Å². The molecule has 17 heavy (non-hydrogen) atoms. The topological polar surface area (TPSA) is 23.5 Å². The van der Waals surface area contributed by atoms with E-state index in [1.165, 1.54) is 5.69 Å². The fraction of sp³-hybridized carbons (Fsp3) is 0.600. The van der Waals surface area contributed by atoms with Gasteiger partial charge in [0.2, 0.25) is 0 Å². The third-order valence-corrected chi connectivity index (χ3v) is 3.70. The van der Waals surface area contributed by atoms with Gasteiger partial charge >= 0.3 is 0 Å². The van der Waals surface area contributed by atoms with Crippen molar-refractivity contribution in [3.05, 3.63) is 30.3 Å². The quantitative estimate of drug-likeness (QED) is 0.805. The van der Waals surface area contributed by atoms with Gasteiger partial charge in [-0.2, -0.15) is 0 Å². The highest BCUT2D eigenvalue weighted by Crippen LogP contribution is 2.41. The van der Waals surface area contributed by atoms with Gasteiger partial charge in [-0.1, -0.05) is 18.2 Å². The summed E-state index contributed by atoms with van der Waals surface area (Å²) in [5.41, 5.74) is 1.22. The summed E-state index contributed by atoms with van der Waals surface area (Å²) in [6, 6.07) is 10.5. The number of rotatable bonds is 1. The number of nitrogens with zero attached hydrogens (tertiary/aromatic N) is 1. The summed E-state index contributed by atoms with van der Waals surface area (Å²) < 4.78 is 0. The van der Waals surface area contributed by atoms with Crippen LogP contribution >= 0.6 is 0 Å². The molecule has 0 radical (unpaired) electrons. The second-order valence-corrected chi connectivity index (χ2v) is 6.36. The molecule has 1 saturated heterocycles. The van der Waals surface area contributed by atoms with E-state index in [-0.39, 0.29) is 17.2 Å². The van der Waals surface area contributed by atoms with E-state index in [0.717, 1.165) is 12.8 Å². The van der Waals surface area contributed by atoms with Gasteiger partial charge in [0.1, 0.15) is 0 Å². The molecule has 2 nitrogen and oxygen atoms in total. The van der Waals surface area contributed by atoms with Crippen LogP contribution in [-0.2, 0) is 0 Å². The van der Waals surface area contributed by atoms with E-state index in [0.29, 0.717) is 0 Å². The van der Waals surface area contributed by atoms with E-state index < -0.39 is 0 Å². The maximum Gasteiger partial charge on any atom is 0.0584 e. The highest BCUT2D eigenvalue weighted by atomic mass is 16.3. The molecule has 0 saturated carbocycles. The second-order valence-electron chi connectivity index (χ2n) is 6.36. The van der Waals surface area contributed by atoms with Crippen LogP contribution in [0.5, 0.6) is 0 Å². The minimum absolute atomic E-state index is 0.0114. The van der Waals surface area contributed by atoms with Crippen LogP contribution in [0.25, 0.3) is 0 Å².